The largest absolute Gasteiger partial charge is 0.508 e. The van der Waals surface area contributed by atoms with Gasteiger partial charge in [-0.2, -0.15) is 0 Å². The molecule has 0 unspecified atom stereocenters. The van der Waals surface area contributed by atoms with Crippen LogP contribution in [0.3, 0.4) is 0 Å². The molecule has 2 aromatic rings. The molecule has 7 heteroatoms. The molecule has 0 spiro atoms. The van der Waals surface area contributed by atoms with E-state index in [9.17, 15) is 25.5 Å². The predicted octanol–water partition coefficient (Wildman–Crippen LogP) is 0.897. The van der Waals surface area contributed by atoms with Gasteiger partial charge in [-0.25, -0.2) is 0 Å². The van der Waals surface area contributed by atoms with Gasteiger partial charge < -0.3 is 35.0 Å². The molecule has 7 nitrogen and oxygen atoms in total. The zero-order valence-electron chi connectivity index (χ0n) is 15.8. The molecule has 1 saturated heterocycles. The molecule has 0 aromatic heterocycles. The summed E-state index contributed by atoms with van der Waals surface area (Å²) in [4.78, 5) is 0. The van der Waals surface area contributed by atoms with Gasteiger partial charge in [0.05, 0.1) is 6.61 Å². The summed E-state index contributed by atoms with van der Waals surface area (Å²) in [5, 5.41) is 48.5. The fourth-order valence-corrected chi connectivity index (χ4v) is 3.29. The highest BCUT2D eigenvalue weighted by Gasteiger charge is 2.44. The molecule has 1 aliphatic heterocycles. The van der Waals surface area contributed by atoms with Crippen molar-refractivity contribution in [1.82, 2.24) is 0 Å². The Morgan fingerprint density at radius 3 is 1.93 bits per heavy atom. The summed E-state index contributed by atoms with van der Waals surface area (Å²) < 4.78 is 11.0. The van der Waals surface area contributed by atoms with Crippen molar-refractivity contribution in [2.75, 3.05) is 6.61 Å². The van der Waals surface area contributed by atoms with Crippen molar-refractivity contribution in [3.8, 4) is 11.5 Å². The second-order valence-corrected chi connectivity index (χ2v) is 7.51. The van der Waals surface area contributed by atoms with E-state index in [1.165, 1.54) is 0 Å². The van der Waals surface area contributed by atoms with E-state index in [0.717, 1.165) is 11.1 Å². The van der Waals surface area contributed by atoms with Crippen molar-refractivity contribution in [1.29, 1.82) is 0 Å². The van der Waals surface area contributed by atoms with Gasteiger partial charge in [-0.05, 0) is 35.4 Å². The van der Waals surface area contributed by atoms with Crippen LogP contribution in [0.15, 0.2) is 48.5 Å². The molecule has 1 heterocycles. The van der Waals surface area contributed by atoms with Crippen LogP contribution in [-0.2, 0) is 10.2 Å². The van der Waals surface area contributed by atoms with Crippen LogP contribution < -0.4 is 4.74 Å². The zero-order valence-corrected chi connectivity index (χ0v) is 15.8. The highest BCUT2D eigenvalue weighted by Crippen LogP contribution is 2.33. The summed E-state index contributed by atoms with van der Waals surface area (Å²) in [5.74, 6) is 0.623. The summed E-state index contributed by atoms with van der Waals surface area (Å²) in [6.45, 7) is 3.62. The Balaban J connectivity index is 1.74. The first-order valence-corrected chi connectivity index (χ1v) is 9.11. The number of aliphatic hydroxyl groups is 4. The quantitative estimate of drug-likeness (QED) is 0.514. The molecule has 3 rings (SSSR count). The maximum atomic E-state index is 10.1. The number of phenolic OH excluding ortho intramolecular Hbond substituents is 1. The molecule has 5 N–H and O–H groups in total. The van der Waals surface area contributed by atoms with Gasteiger partial charge in [0.25, 0.3) is 0 Å². The molecule has 152 valence electrons. The first-order chi connectivity index (χ1) is 13.2. The lowest BCUT2D eigenvalue weighted by Crippen LogP contribution is -2.60. The Kier molecular flexibility index (Phi) is 5.92. The van der Waals surface area contributed by atoms with Crippen LogP contribution in [0.4, 0.5) is 0 Å². The molecule has 0 aliphatic carbocycles. The Morgan fingerprint density at radius 1 is 0.857 bits per heavy atom. The van der Waals surface area contributed by atoms with Gasteiger partial charge in [-0.15, -0.1) is 0 Å². The molecule has 2 aromatic carbocycles. The molecule has 28 heavy (non-hydrogen) atoms. The number of hydrogen-bond donors (Lipinski definition) is 5. The van der Waals surface area contributed by atoms with Crippen molar-refractivity contribution in [3.05, 3.63) is 59.7 Å². The number of aromatic hydroxyl groups is 1. The van der Waals surface area contributed by atoms with Crippen LogP contribution in [0.5, 0.6) is 11.5 Å². The maximum Gasteiger partial charge on any atom is 0.229 e. The second kappa shape index (κ2) is 8.06. The van der Waals surface area contributed by atoms with Crippen molar-refractivity contribution >= 4 is 0 Å². The van der Waals surface area contributed by atoms with Gasteiger partial charge >= 0.3 is 0 Å². The monoisotopic (exact) mass is 390 g/mol. The van der Waals surface area contributed by atoms with Crippen molar-refractivity contribution < 1.29 is 35.0 Å². The van der Waals surface area contributed by atoms with Gasteiger partial charge in [-0.3, -0.25) is 0 Å². The molecule has 0 amide bonds. The average molecular weight is 390 g/mol. The number of hydrogen-bond acceptors (Lipinski definition) is 7. The number of benzene rings is 2. The predicted molar refractivity (Wildman–Crippen MR) is 101 cm³/mol. The third kappa shape index (κ3) is 3.99. The van der Waals surface area contributed by atoms with E-state index < -0.39 is 37.3 Å². The van der Waals surface area contributed by atoms with E-state index in [-0.39, 0.29) is 11.2 Å². The zero-order chi connectivity index (χ0) is 20.5. The fraction of sp³-hybridized carbons (Fsp3) is 0.429. The van der Waals surface area contributed by atoms with Gasteiger partial charge in [0.2, 0.25) is 6.29 Å². The third-order valence-electron chi connectivity index (χ3n) is 5.27. The Morgan fingerprint density at radius 2 is 1.39 bits per heavy atom. The van der Waals surface area contributed by atoms with Crippen LogP contribution in [0.2, 0.25) is 0 Å². The second-order valence-electron chi connectivity index (χ2n) is 7.51. The van der Waals surface area contributed by atoms with Crippen LogP contribution in [-0.4, -0.2) is 62.8 Å². The van der Waals surface area contributed by atoms with E-state index in [1.54, 1.807) is 24.3 Å². The summed E-state index contributed by atoms with van der Waals surface area (Å²) in [6.07, 6.45) is -6.59. The van der Waals surface area contributed by atoms with E-state index >= 15 is 0 Å². The summed E-state index contributed by atoms with van der Waals surface area (Å²) in [7, 11) is 0. The SMILES string of the molecule is CC(C)(c1ccc(O)cc1)c1ccc(O[C@@H]2O[C@H](CO)[C@@H](O)[C@H](O)[C@H]2O)cc1. The first-order valence-electron chi connectivity index (χ1n) is 9.11. The average Bonchev–Trinajstić information content (AvgIpc) is 2.69. The van der Waals surface area contributed by atoms with E-state index in [0.29, 0.717) is 5.75 Å². The van der Waals surface area contributed by atoms with Gasteiger partial charge in [0, 0.05) is 5.41 Å². The van der Waals surface area contributed by atoms with E-state index in [2.05, 4.69) is 13.8 Å². The molecule has 0 saturated carbocycles. The number of ether oxygens (including phenoxy) is 2. The molecule has 0 bridgehead atoms. The Hall–Kier alpha value is -2.16. The highest BCUT2D eigenvalue weighted by atomic mass is 16.7. The third-order valence-corrected chi connectivity index (χ3v) is 5.27. The number of rotatable bonds is 5. The minimum atomic E-state index is -1.48. The summed E-state index contributed by atoms with van der Waals surface area (Å²) in [6, 6.07) is 14.2. The Bertz CT molecular complexity index is 770. The smallest absolute Gasteiger partial charge is 0.229 e. The van der Waals surface area contributed by atoms with Crippen molar-refractivity contribution in [3.63, 3.8) is 0 Å². The number of phenols is 1. The van der Waals surface area contributed by atoms with E-state index in [1.807, 2.05) is 24.3 Å². The lowest BCUT2D eigenvalue weighted by molar-refractivity contribution is -0.277. The van der Waals surface area contributed by atoms with Gasteiger partial charge in [0.15, 0.2) is 0 Å². The van der Waals surface area contributed by atoms with E-state index in [4.69, 9.17) is 9.47 Å². The van der Waals surface area contributed by atoms with Crippen LogP contribution in [0, 0.1) is 0 Å². The standard InChI is InChI=1S/C21H26O7/c1-21(2,12-3-7-14(23)8-4-12)13-5-9-15(10-6-13)27-20-19(26)18(25)17(24)16(11-22)28-20/h3-10,16-20,22-26H,11H2,1-2H3/t16-,17-,18+,19-,20-/m1/s1. The number of aliphatic hydroxyl groups excluding tert-OH is 4. The van der Waals surface area contributed by atoms with Crippen molar-refractivity contribution in [2.24, 2.45) is 0 Å². The van der Waals surface area contributed by atoms with Gasteiger partial charge in [0.1, 0.15) is 35.9 Å². The Labute approximate surface area is 163 Å². The molecule has 1 fully saturated rings. The van der Waals surface area contributed by atoms with Crippen LogP contribution >= 0.6 is 0 Å². The summed E-state index contributed by atoms with van der Waals surface area (Å²) in [5.41, 5.74) is 1.74. The van der Waals surface area contributed by atoms with Crippen molar-refractivity contribution in [2.45, 2.75) is 50.0 Å². The van der Waals surface area contributed by atoms with Crippen LogP contribution in [0.1, 0.15) is 25.0 Å². The molecular formula is C21H26O7. The molecule has 0 radical (unpaired) electrons. The highest BCUT2D eigenvalue weighted by molar-refractivity contribution is 5.41. The maximum absolute atomic E-state index is 10.1. The topological polar surface area (TPSA) is 120 Å². The lowest BCUT2D eigenvalue weighted by Gasteiger charge is -2.39. The van der Waals surface area contributed by atoms with Gasteiger partial charge in [-0.1, -0.05) is 38.1 Å². The first kappa shape index (κ1) is 20.6. The lowest BCUT2D eigenvalue weighted by atomic mass is 9.78. The van der Waals surface area contributed by atoms with Crippen LogP contribution in [0.25, 0.3) is 0 Å². The molecule has 1 aliphatic rings. The normalized spacial score (nSPS) is 28.1. The molecule has 5 atom stereocenters. The molecular weight excluding hydrogens is 364 g/mol. The minimum absolute atomic E-state index is 0.211. The summed E-state index contributed by atoms with van der Waals surface area (Å²) >= 11 is 0. The fourth-order valence-electron chi connectivity index (χ4n) is 3.29. The minimum Gasteiger partial charge on any atom is -0.508 e.